The first-order valence-electron chi connectivity index (χ1n) is 9.59. The maximum Gasteiger partial charge on any atom is 0.262 e. The van der Waals surface area contributed by atoms with E-state index in [9.17, 15) is 9.59 Å². The Kier molecular flexibility index (Phi) is 4.54. The third kappa shape index (κ3) is 2.96. The van der Waals surface area contributed by atoms with Crippen LogP contribution in [-0.4, -0.2) is 19.9 Å². The number of nitrogens with zero attached hydrogens (tertiary/aromatic N) is 3. The van der Waals surface area contributed by atoms with Crippen molar-refractivity contribution in [2.75, 3.05) is 0 Å². The number of aryl methyl sites for hydroxylation is 3. The lowest BCUT2D eigenvalue weighted by atomic mass is 9.97. The summed E-state index contributed by atoms with van der Waals surface area (Å²) in [7, 11) is 0. The highest BCUT2D eigenvalue weighted by molar-refractivity contribution is 7.18. The van der Waals surface area contributed by atoms with Gasteiger partial charge in [-0.3, -0.25) is 14.2 Å². The van der Waals surface area contributed by atoms with Gasteiger partial charge in [-0.25, -0.2) is 4.98 Å². The molecule has 4 rings (SSSR count). The van der Waals surface area contributed by atoms with Crippen molar-refractivity contribution in [3.05, 3.63) is 50.1 Å². The van der Waals surface area contributed by atoms with Crippen LogP contribution in [0, 0.1) is 13.8 Å². The number of aromatic nitrogens is 3. The van der Waals surface area contributed by atoms with Crippen LogP contribution in [0.2, 0.25) is 0 Å². The number of carbonyl (C=O) groups is 1. The van der Waals surface area contributed by atoms with Gasteiger partial charge in [-0.1, -0.05) is 0 Å². The molecule has 0 spiro atoms. The minimum Gasteiger partial charge on any atom is -0.346 e. The number of fused-ring (bicyclic) bond motifs is 3. The van der Waals surface area contributed by atoms with Crippen LogP contribution in [-0.2, 0) is 19.4 Å². The molecule has 6 heteroatoms. The van der Waals surface area contributed by atoms with E-state index in [0.717, 1.165) is 40.9 Å². The third-order valence-corrected chi connectivity index (χ3v) is 6.76. The second-order valence-corrected chi connectivity index (χ2v) is 8.82. The molecule has 5 nitrogen and oxygen atoms in total. The van der Waals surface area contributed by atoms with Crippen LogP contribution in [0.3, 0.4) is 0 Å². The number of rotatable bonds is 4. The molecule has 0 bridgehead atoms. The Bertz CT molecular complexity index is 1100. The fourth-order valence-corrected chi connectivity index (χ4v) is 5.61. The number of hydrogen-bond donors (Lipinski definition) is 0. The van der Waals surface area contributed by atoms with Gasteiger partial charge in [0, 0.05) is 27.9 Å². The highest BCUT2D eigenvalue weighted by atomic mass is 32.1. The van der Waals surface area contributed by atoms with E-state index in [1.54, 1.807) is 11.3 Å². The summed E-state index contributed by atoms with van der Waals surface area (Å²) in [4.78, 5) is 32.6. The van der Waals surface area contributed by atoms with E-state index in [1.165, 1.54) is 27.8 Å². The van der Waals surface area contributed by atoms with Crippen LogP contribution in [0.15, 0.2) is 17.2 Å². The molecule has 0 fully saturated rings. The second kappa shape index (κ2) is 6.75. The Labute approximate surface area is 162 Å². The highest BCUT2D eigenvalue weighted by Crippen LogP contribution is 2.33. The number of hydrogen-bond acceptors (Lipinski definition) is 4. The standard InChI is InChI=1S/C21H25N3O2S/c1-12(2)24-13(3)9-16(14(24)4)17(25)10-23-11-22-20-19(21(23)26)15-7-5-6-8-18(15)27-20/h9,11-12H,5-8,10H2,1-4H3. The first-order chi connectivity index (χ1) is 12.9. The van der Waals surface area contributed by atoms with Gasteiger partial charge < -0.3 is 4.57 Å². The molecular formula is C21H25N3O2S. The quantitative estimate of drug-likeness (QED) is 0.634. The van der Waals surface area contributed by atoms with Gasteiger partial charge in [0.05, 0.1) is 18.3 Å². The summed E-state index contributed by atoms with van der Waals surface area (Å²) in [6.07, 6.45) is 5.81. The summed E-state index contributed by atoms with van der Waals surface area (Å²) in [5.74, 6) is -0.0395. The second-order valence-electron chi connectivity index (χ2n) is 7.74. The van der Waals surface area contributed by atoms with Gasteiger partial charge in [0.15, 0.2) is 5.78 Å². The van der Waals surface area contributed by atoms with Gasteiger partial charge >= 0.3 is 0 Å². The molecule has 0 aliphatic heterocycles. The Hall–Kier alpha value is -2.21. The maximum atomic E-state index is 13.1. The smallest absolute Gasteiger partial charge is 0.262 e. The molecule has 3 heterocycles. The first-order valence-corrected chi connectivity index (χ1v) is 10.4. The van der Waals surface area contributed by atoms with Crippen molar-refractivity contribution >= 4 is 27.3 Å². The van der Waals surface area contributed by atoms with Crippen LogP contribution in [0.25, 0.3) is 10.2 Å². The average Bonchev–Trinajstić information content (AvgIpc) is 3.14. The molecule has 142 valence electrons. The van der Waals surface area contributed by atoms with E-state index in [2.05, 4.69) is 23.4 Å². The summed E-state index contributed by atoms with van der Waals surface area (Å²) < 4.78 is 3.64. The third-order valence-electron chi connectivity index (χ3n) is 5.56. The lowest BCUT2D eigenvalue weighted by Crippen LogP contribution is -2.25. The van der Waals surface area contributed by atoms with Crippen LogP contribution in [0.5, 0.6) is 0 Å². The Balaban J connectivity index is 1.72. The SMILES string of the molecule is Cc1cc(C(=O)Cn2cnc3sc4c(c3c2=O)CCCC4)c(C)n1C(C)C. The van der Waals surface area contributed by atoms with Gasteiger partial charge in [-0.2, -0.15) is 0 Å². The van der Waals surface area contributed by atoms with Crippen molar-refractivity contribution in [1.29, 1.82) is 0 Å². The number of Topliss-reactive ketones (excluding diaryl/α,β-unsaturated/α-hetero) is 1. The van der Waals surface area contributed by atoms with Crippen LogP contribution in [0.4, 0.5) is 0 Å². The zero-order chi connectivity index (χ0) is 19.3. The zero-order valence-corrected chi connectivity index (χ0v) is 17.2. The van der Waals surface area contributed by atoms with E-state index in [1.807, 2.05) is 19.9 Å². The fraction of sp³-hybridized carbons (Fsp3) is 0.476. The molecule has 1 aliphatic carbocycles. The first kappa shape index (κ1) is 18.2. The fourth-order valence-electron chi connectivity index (χ4n) is 4.39. The van der Waals surface area contributed by atoms with E-state index in [-0.39, 0.29) is 17.9 Å². The van der Waals surface area contributed by atoms with Crippen molar-refractivity contribution < 1.29 is 4.79 Å². The summed E-state index contributed by atoms with van der Waals surface area (Å²) >= 11 is 1.64. The molecule has 27 heavy (non-hydrogen) atoms. The highest BCUT2D eigenvalue weighted by Gasteiger charge is 2.22. The number of carbonyl (C=O) groups excluding carboxylic acids is 1. The van der Waals surface area contributed by atoms with Gasteiger partial charge in [0.1, 0.15) is 4.83 Å². The van der Waals surface area contributed by atoms with E-state index >= 15 is 0 Å². The molecule has 0 saturated heterocycles. The predicted molar refractivity (Wildman–Crippen MR) is 109 cm³/mol. The Morgan fingerprint density at radius 1 is 1.26 bits per heavy atom. The monoisotopic (exact) mass is 383 g/mol. The lowest BCUT2D eigenvalue weighted by molar-refractivity contribution is 0.0970. The number of thiophene rings is 1. The molecule has 0 saturated carbocycles. The molecule has 0 amide bonds. The molecule has 0 aromatic carbocycles. The molecule has 0 radical (unpaired) electrons. The topological polar surface area (TPSA) is 56.9 Å². The minimum atomic E-state index is -0.0783. The molecule has 3 aromatic heterocycles. The van der Waals surface area contributed by atoms with E-state index in [4.69, 9.17) is 0 Å². The molecular weight excluding hydrogens is 358 g/mol. The van der Waals surface area contributed by atoms with E-state index < -0.39 is 0 Å². The van der Waals surface area contributed by atoms with Crippen molar-refractivity contribution in [1.82, 2.24) is 14.1 Å². The summed E-state index contributed by atoms with van der Waals surface area (Å²) in [5, 5.41) is 0.734. The molecule has 3 aromatic rings. The van der Waals surface area contributed by atoms with Gasteiger partial charge in [0.2, 0.25) is 0 Å². The summed E-state index contributed by atoms with van der Waals surface area (Å²) in [6, 6.07) is 2.23. The van der Waals surface area contributed by atoms with Crippen molar-refractivity contribution in [3.63, 3.8) is 0 Å². The van der Waals surface area contributed by atoms with E-state index in [0.29, 0.717) is 11.6 Å². The Morgan fingerprint density at radius 3 is 2.70 bits per heavy atom. The van der Waals surface area contributed by atoms with Gasteiger partial charge in [0.25, 0.3) is 5.56 Å². The molecule has 0 atom stereocenters. The predicted octanol–water partition coefficient (Wildman–Crippen LogP) is 4.22. The van der Waals surface area contributed by atoms with Crippen LogP contribution in [0.1, 0.15) is 64.9 Å². The minimum absolute atomic E-state index is 0.0365. The average molecular weight is 384 g/mol. The van der Waals surface area contributed by atoms with Crippen molar-refractivity contribution in [3.8, 4) is 0 Å². The maximum absolute atomic E-state index is 13.1. The van der Waals surface area contributed by atoms with Crippen LogP contribution >= 0.6 is 11.3 Å². The largest absolute Gasteiger partial charge is 0.346 e. The molecule has 0 unspecified atom stereocenters. The van der Waals surface area contributed by atoms with Crippen LogP contribution < -0.4 is 5.56 Å². The van der Waals surface area contributed by atoms with Crippen molar-refractivity contribution in [2.45, 2.75) is 66.0 Å². The van der Waals surface area contributed by atoms with Gasteiger partial charge in [-0.05, 0) is 65.0 Å². The summed E-state index contributed by atoms with van der Waals surface area (Å²) in [5.41, 5.74) is 3.81. The zero-order valence-electron chi connectivity index (χ0n) is 16.3. The molecule has 1 aliphatic rings. The normalized spacial score (nSPS) is 14.1. The lowest BCUT2D eigenvalue weighted by Gasteiger charge is -2.13. The summed E-state index contributed by atoms with van der Waals surface area (Å²) in [6.45, 7) is 8.24. The van der Waals surface area contributed by atoms with Gasteiger partial charge in [-0.15, -0.1) is 11.3 Å². The number of ketones is 1. The van der Waals surface area contributed by atoms with Crippen molar-refractivity contribution in [2.24, 2.45) is 0 Å². The Morgan fingerprint density at radius 2 is 2.00 bits per heavy atom. The molecule has 0 N–H and O–H groups in total.